The largest absolute Gasteiger partial charge is 0.707 e. The van der Waals surface area contributed by atoms with Crippen LogP contribution in [0, 0.1) is 0 Å². The van der Waals surface area contributed by atoms with E-state index in [0.717, 1.165) is 0 Å². The Hall–Kier alpha value is -1.42. The van der Waals surface area contributed by atoms with Crippen molar-refractivity contribution < 1.29 is 41.0 Å². The molecular weight excluding hydrogens is 269 g/mol. The number of hydrogen-bond acceptors (Lipinski definition) is 3. The zero-order chi connectivity index (χ0) is 14.8. The summed E-state index contributed by atoms with van der Waals surface area (Å²) in [6, 6.07) is 0.399. The minimum absolute atomic E-state index is 0.0964. The van der Waals surface area contributed by atoms with E-state index in [1.165, 1.54) is 0 Å². The lowest BCUT2D eigenvalue weighted by atomic mass is 10.1. The predicted octanol–water partition coefficient (Wildman–Crippen LogP) is 2.07. The minimum Gasteiger partial charge on any atom is -0.512 e. The van der Waals surface area contributed by atoms with E-state index >= 15 is 0 Å². The number of hydrogen-bond donors (Lipinski definition) is 2. The molecule has 10 heteroatoms. The average molecular weight is 275 g/mol. The van der Waals surface area contributed by atoms with E-state index in [2.05, 4.69) is 9.68 Å². The van der Waals surface area contributed by atoms with Crippen LogP contribution in [0.15, 0.2) is 18.2 Å². The van der Waals surface area contributed by atoms with Crippen molar-refractivity contribution in [2.45, 2.75) is 12.4 Å². The lowest BCUT2D eigenvalue weighted by Gasteiger charge is -2.14. The lowest BCUT2D eigenvalue weighted by Crippen LogP contribution is -2.21. The molecule has 0 aliphatic heterocycles. The van der Waals surface area contributed by atoms with Crippen LogP contribution in [-0.2, 0) is 12.4 Å². The second kappa shape index (κ2) is 4.69. The topological polar surface area (TPSA) is 49.7 Å². The molecule has 0 aliphatic carbocycles. The molecule has 0 spiro atoms. The van der Waals surface area contributed by atoms with Crippen molar-refractivity contribution in [1.82, 2.24) is 0 Å². The summed E-state index contributed by atoms with van der Waals surface area (Å²) in [6.45, 7) is 0. The SMILES string of the molecule is [2H]OB(O)Oc1cc(C(F)(F)F)cc(C(F)(F)F)c1. The predicted molar refractivity (Wildman–Crippen MR) is 47.3 cm³/mol. The molecule has 1 aromatic rings. The molecule has 0 bridgehead atoms. The molecule has 2 N–H and O–H groups in total. The summed E-state index contributed by atoms with van der Waals surface area (Å²) in [7, 11) is -2.30. The van der Waals surface area contributed by atoms with Gasteiger partial charge in [0.1, 0.15) is 5.75 Å². The average Bonchev–Trinajstić information content (AvgIpc) is 2.26. The first-order valence-electron chi connectivity index (χ1n) is 4.71. The Labute approximate surface area is 98.3 Å². The summed E-state index contributed by atoms with van der Waals surface area (Å²) in [6.07, 6.45) is -10.0. The van der Waals surface area contributed by atoms with Crippen molar-refractivity contribution >= 4 is 7.32 Å². The van der Waals surface area contributed by atoms with Gasteiger partial charge in [-0.1, -0.05) is 0 Å². The monoisotopic (exact) mass is 275 g/mol. The smallest absolute Gasteiger partial charge is 0.512 e. The number of rotatable bonds is 3. The van der Waals surface area contributed by atoms with Crippen LogP contribution in [0.3, 0.4) is 0 Å². The first kappa shape index (κ1) is 13.0. The summed E-state index contributed by atoms with van der Waals surface area (Å²) in [5, 5.41) is 12.1. The summed E-state index contributed by atoms with van der Waals surface area (Å²) in [4.78, 5) is 0. The third kappa shape index (κ3) is 3.81. The molecule has 0 aromatic heterocycles. The van der Waals surface area contributed by atoms with Crippen LogP contribution in [0.2, 0.25) is 0 Å². The Bertz CT molecular complexity index is 417. The molecule has 0 fully saturated rings. The summed E-state index contributed by atoms with van der Waals surface area (Å²) in [5.74, 6) is -0.929. The second-order valence-electron chi connectivity index (χ2n) is 3.17. The number of alkyl halides is 6. The molecule has 0 aliphatic rings. The summed E-state index contributed by atoms with van der Waals surface area (Å²) < 4.78 is 84.8. The van der Waals surface area contributed by atoms with Crippen LogP contribution in [0.1, 0.15) is 11.1 Å². The standard InChI is InChI=1S/C8H5BF6O3/c10-7(11,12)4-1-5(8(13,14)15)3-6(2-4)18-9(16)17/h1-3,16-17H/i16D. The highest BCUT2D eigenvalue weighted by Gasteiger charge is 2.37. The minimum atomic E-state index is -5.02. The Morgan fingerprint density at radius 3 is 1.78 bits per heavy atom. The van der Waals surface area contributed by atoms with Gasteiger partial charge in [0.15, 0.2) is 1.43 Å². The van der Waals surface area contributed by atoms with Crippen LogP contribution in [-0.4, -0.2) is 18.8 Å². The van der Waals surface area contributed by atoms with Crippen LogP contribution in [0.25, 0.3) is 0 Å². The van der Waals surface area contributed by atoms with Crippen molar-refractivity contribution in [2.75, 3.05) is 0 Å². The Morgan fingerprint density at radius 2 is 1.44 bits per heavy atom. The molecule has 0 radical (unpaired) electrons. The highest BCUT2D eigenvalue weighted by molar-refractivity contribution is 6.33. The maximum atomic E-state index is 12.4. The molecule has 0 amide bonds. The van der Waals surface area contributed by atoms with Crippen molar-refractivity contribution in [3.8, 4) is 5.75 Å². The second-order valence-corrected chi connectivity index (χ2v) is 3.17. The Kier molecular flexibility index (Phi) is 3.39. The maximum absolute atomic E-state index is 12.4. The van der Waals surface area contributed by atoms with E-state index < -0.39 is 36.6 Å². The zero-order valence-electron chi connectivity index (χ0n) is 9.34. The first-order chi connectivity index (χ1) is 8.54. The third-order valence-corrected chi connectivity index (χ3v) is 1.80. The van der Waals surface area contributed by atoms with Crippen LogP contribution in [0.4, 0.5) is 26.3 Å². The first-order valence-corrected chi connectivity index (χ1v) is 4.30. The molecule has 0 heterocycles. The summed E-state index contributed by atoms with van der Waals surface area (Å²) in [5.41, 5.74) is -3.20. The van der Waals surface area contributed by atoms with Gasteiger partial charge in [-0.2, -0.15) is 26.3 Å². The van der Waals surface area contributed by atoms with E-state index in [4.69, 9.17) is 6.46 Å². The van der Waals surface area contributed by atoms with E-state index in [1.807, 2.05) is 0 Å². The molecule has 0 saturated carbocycles. The van der Waals surface area contributed by atoms with Gasteiger partial charge in [-0.3, -0.25) is 0 Å². The van der Waals surface area contributed by atoms with Gasteiger partial charge in [-0.25, -0.2) is 0 Å². The Morgan fingerprint density at radius 1 is 1.00 bits per heavy atom. The van der Waals surface area contributed by atoms with Gasteiger partial charge in [0, 0.05) is 0 Å². The van der Waals surface area contributed by atoms with Gasteiger partial charge in [0.05, 0.1) is 11.1 Å². The fraction of sp³-hybridized carbons (Fsp3) is 0.250. The quantitative estimate of drug-likeness (QED) is 0.655. The molecular formula is C8H5BF6O3. The van der Waals surface area contributed by atoms with Gasteiger partial charge < -0.3 is 14.7 Å². The fourth-order valence-electron chi connectivity index (χ4n) is 1.11. The van der Waals surface area contributed by atoms with E-state index in [0.29, 0.717) is 0 Å². The summed E-state index contributed by atoms with van der Waals surface area (Å²) >= 11 is 0. The van der Waals surface area contributed by atoms with Gasteiger partial charge in [-0.05, 0) is 18.2 Å². The fourth-order valence-corrected chi connectivity index (χ4v) is 1.11. The van der Waals surface area contributed by atoms with Gasteiger partial charge in [0.2, 0.25) is 0 Å². The van der Waals surface area contributed by atoms with Crippen molar-refractivity contribution in [1.29, 1.82) is 1.43 Å². The van der Waals surface area contributed by atoms with E-state index in [-0.39, 0.29) is 18.2 Å². The van der Waals surface area contributed by atoms with Gasteiger partial charge in [-0.15, -0.1) is 0 Å². The molecule has 0 saturated heterocycles. The zero-order valence-corrected chi connectivity index (χ0v) is 8.34. The van der Waals surface area contributed by atoms with Crippen LogP contribution >= 0.6 is 0 Å². The van der Waals surface area contributed by atoms with E-state index in [9.17, 15) is 26.3 Å². The number of halogens is 6. The Balaban J connectivity index is 3.25. The molecule has 1 aromatic carbocycles. The van der Waals surface area contributed by atoms with E-state index in [1.54, 1.807) is 0 Å². The van der Waals surface area contributed by atoms with Crippen LogP contribution in [0.5, 0.6) is 5.75 Å². The highest BCUT2D eigenvalue weighted by atomic mass is 19.4. The normalized spacial score (nSPS) is 13.2. The van der Waals surface area contributed by atoms with Crippen LogP contribution < -0.4 is 4.65 Å². The highest BCUT2D eigenvalue weighted by Crippen LogP contribution is 2.38. The number of benzene rings is 1. The van der Waals surface area contributed by atoms with Gasteiger partial charge in [0.25, 0.3) is 0 Å². The maximum Gasteiger partial charge on any atom is 0.707 e. The molecule has 3 nitrogen and oxygen atoms in total. The molecule has 1 rings (SSSR count). The van der Waals surface area contributed by atoms with Gasteiger partial charge >= 0.3 is 19.7 Å². The van der Waals surface area contributed by atoms with Crippen molar-refractivity contribution in [3.05, 3.63) is 29.3 Å². The molecule has 18 heavy (non-hydrogen) atoms. The lowest BCUT2D eigenvalue weighted by molar-refractivity contribution is -0.143. The molecule has 0 atom stereocenters. The van der Waals surface area contributed by atoms with Crippen molar-refractivity contribution in [3.63, 3.8) is 0 Å². The third-order valence-electron chi connectivity index (χ3n) is 1.80. The molecule has 100 valence electrons. The molecule has 0 unspecified atom stereocenters. The van der Waals surface area contributed by atoms with Crippen molar-refractivity contribution in [2.24, 2.45) is 0 Å².